The summed E-state index contributed by atoms with van der Waals surface area (Å²) < 4.78 is 11.2. The van der Waals surface area contributed by atoms with E-state index in [1.54, 1.807) is 23.2 Å². The minimum atomic E-state index is -0.621. The summed E-state index contributed by atoms with van der Waals surface area (Å²) in [6.07, 6.45) is 9.61. The lowest BCUT2D eigenvalue weighted by atomic mass is 10.1. The summed E-state index contributed by atoms with van der Waals surface area (Å²) in [4.78, 5) is 39.4. The van der Waals surface area contributed by atoms with E-state index in [1.165, 1.54) is 11.6 Å². The van der Waals surface area contributed by atoms with E-state index < -0.39 is 18.0 Å². The van der Waals surface area contributed by atoms with Crippen molar-refractivity contribution in [2.45, 2.75) is 77.2 Å². The zero-order valence-corrected chi connectivity index (χ0v) is 23.9. The van der Waals surface area contributed by atoms with Crippen LogP contribution in [0.4, 0.5) is 10.6 Å². The van der Waals surface area contributed by atoms with Gasteiger partial charge in [-0.15, -0.1) is 0 Å². The number of hydrogen-bond acceptors (Lipinski definition) is 7. The van der Waals surface area contributed by atoms with Gasteiger partial charge in [-0.25, -0.2) is 20.1 Å². The smallest absolute Gasteiger partial charge is 0.416 e. The van der Waals surface area contributed by atoms with Crippen LogP contribution in [0.25, 0.3) is 6.08 Å². The van der Waals surface area contributed by atoms with Crippen molar-refractivity contribution in [3.8, 4) is 0 Å². The molecule has 2 fully saturated rings. The molecule has 0 saturated carbocycles. The molecule has 2 aromatic rings. The molecule has 9 heteroatoms. The van der Waals surface area contributed by atoms with Gasteiger partial charge in [-0.2, -0.15) is 0 Å². The molecule has 40 heavy (non-hydrogen) atoms. The summed E-state index contributed by atoms with van der Waals surface area (Å²) in [5.41, 5.74) is 3.86. The molecule has 1 unspecified atom stereocenters. The Labute approximate surface area is 237 Å². The number of ether oxygens (including phenoxy) is 2. The van der Waals surface area contributed by atoms with Crippen molar-refractivity contribution in [2.75, 3.05) is 31.1 Å². The van der Waals surface area contributed by atoms with Crippen LogP contribution in [0.5, 0.6) is 0 Å². The fourth-order valence-corrected chi connectivity index (χ4v) is 4.89. The number of hydroxylamine groups is 1. The van der Waals surface area contributed by atoms with E-state index in [2.05, 4.69) is 39.6 Å². The van der Waals surface area contributed by atoms with Crippen LogP contribution in [0, 0.1) is 0 Å². The van der Waals surface area contributed by atoms with Crippen molar-refractivity contribution < 1.29 is 23.9 Å². The van der Waals surface area contributed by atoms with Gasteiger partial charge in [0.25, 0.3) is 5.91 Å². The van der Waals surface area contributed by atoms with E-state index in [1.807, 2.05) is 32.9 Å². The summed E-state index contributed by atoms with van der Waals surface area (Å²) >= 11 is 0. The molecule has 1 aromatic heterocycles. The second kappa shape index (κ2) is 14.4. The molecule has 3 heterocycles. The normalized spacial score (nSPS) is 20.0. The molecule has 1 aromatic carbocycles. The first-order valence-corrected chi connectivity index (χ1v) is 14.3. The van der Waals surface area contributed by atoms with Gasteiger partial charge >= 0.3 is 6.09 Å². The van der Waals surface area contributed by atoms with Gasteiger partial charge in [-0.05, 0) is 88.8 Å². The van der Waals surface area contributed by atoms with Gasteiger partial charge in [0.05, 0.1) is 6.04 Å². The molecular weight excluding hydrogens is 508 g/mol. The zero-order chi connectivity index (χ0) is 28.4. The predicted octanol–water partition coefficient (Wildman–Crippen LogP) is 5.12. The van der Waals surface area contributed by atoms with Gasteiger partial charge in [-0.3, -0.25) is 9.69 Å². The molecule has 2 amide bonds. The number of pyridine rings is 1. The van der Waals surface area contributed by atoms with Crippen LogP contribution < -0.4 is 10.4 Å². The minimum Gasteiger partial charge on any atom is -0.443 e. The van der Waals surface area contributed by atoms with Crippen molar-refractivity contribution >= 4 is 23.9 Å². The van der Waals surface area contributed by atoms with Crippen LogP contribution in [0.3, 0.4) is 0 Å². The largest absolute Gasteiger partial charge is 0.443 e. The number of aromatic nitrogens is 1. The SMILES string of the molecule is CC(C)(C)OC(=O)N(c1ccc(C=CC(=O)NOC2CCCCO2)cn1)[C@@H]1CCN(CCCc2ccccc2)C1. The molecule has 0 bridgehead atoms. The highest BCUT2D eigenvalue weighted by molar-refractivity contribution is 5.91. The molecule has 2 atom stereocenters. The van der Waals surface area contributed by atoms with Crippen molar-refractivity contribution in [3.05, 3.63) is 65.9 Å². The number of likely N-dealkylation sites (tertiary alicyclic amines) is 1. The third-order valence-corrected chi connectivity index (χ3v) is 6.86. The van der Waals surface area contributed by atoms with E-state index in [9.17, 15) is 9.59 Å². The number of benzene rings is 1. The van der Waals surface area contributed by atoms with Gasteiger partial charge < -0.3 is 14.4 Å². The summed E-state index contributed by atoms with van der Waals surface area (Å²) in [5, 5.41) is 0. The maximum absolute atomic E-state index is 13.3. The molecule has 4 rings (SSSR count). The van der Waals surface area contributed by atoms with E-state index in [4.69, 9.17) is 14.3 Å². The number of amides is 2. The Hall–Kier alpha value is -3.27. The fraction of sp³-hybridized carbons (Fsp3) is 0.516. The van der Waals surface area contributed by atoms with E-state index >= 15 is 0 Å². The van der Waals surface area contributed by atoms with Crippen molar-refractivity contribution in [1.82, 2.24) is 15.4 Å². The van der Waals surface area contributed by atoms with E-state index in [0.29, 0.717) is 12.4 Å². The third-order valence-electron chi connectivity index (χ3n) is 6.86. The number of carbonyl (C=O) groups is 2. The Morgan fingerprint density at radius 1 is 1.15 bits per heavy atom. The van der Waals surface area contributed by atoms with Crippen LogP contribution >= 0.6 is 0 Å². The molecule has 0 aliphatic carbocycles. The maximum atomic E-state index is 13.3. The van der Waals surface area contributed by atoms with E-state index in [-0.39, 0.29) is 11.9 Å². The molecule has 2 aliphatic heterocycles. The summed E-state index contributed by atoms with van der Waals surface area (Å²) in [6.45, 7) is 8.90. The molecule has 0 spiro atoms. The fourth-order valence-electron chi connectivity index (χ4n) is 4.89. The lowest BCUT2D eigenvalue weighted by molar-refractivity contribution is -0.198. The first-order chi connectivity index (χ1) is 19.3. The maximum Gasteiger partial charge on any atom is 0.416 e. The van der Waals surface area contributed by atoms with Crippen LogP contribution in [-0.2, 0) is 25.5 Å². The Balaban J connectivity index is 1.35. The first-order valence-electron chi connectivity index (χ1n) is 14.3. The Bertz CT molecular complexity index is 1110. The highest BCUT2D eigenvalue weighted by Crippen LogP contribution is 2.25. The number of nitrogens with zero attached hydrogens (tertiary/aromatic N) is 3. The molecule has 0 radical (unpaired) electrons. The lowest BCUT2D eigenvalue weighted by Crippen LogP contribution is -2.45. The van der Waals surface area contributed by atoms with Gasteiger partial charge in [-0.1, -0.05) is 30.3 Å². The van der Waals surface area contributed by atoms with E-state index in [0.717, 1.165) is 63.7 Å². The quantitative estimate of drug-likeness (QED) is 0.324. The Kier molecular flexibility index (Phi) is 10.7. The predicted molar refractivity (Wildman–Crippen MR) is 154 cm³/mol. The van der Waals surface area contributed by atoms with Crippen LogP contribution in [-0.4, -0.2) is 66.1 Å². The van der Waals surface area contributed by atoms with Gasteiger partial charge in [0.15, 0.2) is 6.29 Å². The van der Waals surface area contributed by atoms with Crippen LogP contribution in [0.1, 0.15) is 64.0 Å². The molecule has 216 valence electrons. The molecule has 1 N–H and O–H groups in total. The van der Waals surface area contributed by atoms with Crippen molar-refractivity contribution in [1.29, 1.82) is 0 Å². The number of carbonyl (C=O) groups excluding carboxylic acids is 2. The minimum absolute atomic E-state index is 0.0367. The Morgan fingerprint density at radius 2 is 1.98 bits per heavy atom. The zero-order valence-electron chi connectivity index (χ0n) is 23.9. The van der Waals surface area contributed by atoms with Gasteiger partial charge in [0.2, 0.25) is 0 Å². The summed E-state index contributed by atoms with van der Waals surface area (Å²) in [7, 11) is 0. The number of anilines is 1. The number of hydrogen-bond donors (Lipinski definition) is 1. The Morgan fingerprint density at radius 3 is 2.67 bits per heavy atom. The standard InChI is InChI=1S/C31H42N4O5/c1-31(2,3)39-30(37)35(26-18-20-34(23-26)19-9-12-24-10-5-4-6-11-24)27-16-14-25(22-32-27)15-17-28(36)33-40-29-13-7-8-21-38-29/h4-6,10-11,14-17,22,26,29H,7-9,12-13,18-21,23H2,1-3H3,(H,33,36)/t26-,29?/m1/s1. The van der Waals surface area contributed by atoms with Crippen molar-refractivity contribution in [3.63, 3.8) is 0 Å². The van der Waals surface area contributed by atoms with Gasteiger partial charge in [0, 0.05) is 38.4 Å². The average molecular weight is 551 g/mol. The average Bonchev–Trinajstić information content (AvgIpc) is 3.40. The highest BCUT2D eigenvalue weighted by Gasteiger charge is 2.35. The molecule has 9 nitrogen and oxygen atoms in total. The van der Waals surface area contributed by atoms with Crippen molar-refractivity contribution in [2.24, 2.45) is 0 Å². The summed E-state index contributed by atoms with van der Waals surface area (Å²) in [6, 6.07) is 14.1. The molecular formula is C31H42N4O5. The second-order valence-electron chi connectivity index (χ2n) is 11.3. The topological polar surface area (TPSA) is 93.2 Å². The van der Waals surface area contributed by atoms with Crippen LogP contribution in [0.2, 0.25) is 0 Å². The number of rotatable bonds is 10. The third kappa shape index (κ3) is 9.43. The second-order valence-corrected chi connectivity index (χ2v) is 11.3. The van der Waals surface area contributed by atoms with Gasteiger partial charge in [0.1, 0.15) is 11.4 Å². The number of aryl methyl sites for hydroxylation is 1. The van der Waals surface area contributed by atoms with Crippen LogP contribution in [0.15, 0.2) is 54.7 Å². The molecule has 2 saturated heterocycles. The summed E-state index contributed by atoms with van der Waals surface area (Å²) in [5.74, 6) is 0.150. The molecule has 2 aliphatic rings. The monoisotopic (exact) mass is 550 g/mol. The highest BCUT2D eigenvalue weighted by atomic mass is 16.8. The first kappa shape index (κ1) is 29.7. The lowest BCUT2D eigenvalue weighted by Gasteiger charge is -2.31. The number of nitrogens with one attached hydrogen (secondary N) is 1.